The molecule has 25 heavy (non-hydrogen) atoms. The molecule has 2 aromatic carbocycles. The zero-order valence-corrected chi connectivity index (χ0v) is 13.8. The standard InChI is InChI=1S/C17H16F3NO3S/c18-17(19,20)24-14-8-10-15(11-9-14)25(22,23)21-16(13-6-7-13)12-4-2-1-3-5-12/h1-5,8-11,13,16,21H,6-7H2. The summed E-state index contributed by atoms with van der Waals surface area (Å²) < 4.78 is 68.1. The van der Waals surface area contributed by atoms with E-state index in [-0.39, 0.29) is 16.9 Å². The molecule has 1 aliphatic rings. The van der Waals surface area contributed by atoms with Gasteiger partial charge in [0.15, 0.2) is 0 Å². The van der Waals surface area contributed by atoms with Gasteiger partial charge < -0.3 is 4.74 Å². The minimum atomic E-state index is -4.82. The molecule has 134 valence electrons. The van der Waals surface area contributed by atoms with E-state index in [2.05, 4.69) is 9.46 Å². The third-order valence-corrected chi connectivity index (χ3v) is 5.36. The van der Waals surface area contributed by atoms with E-state index in [1.54, 1.807) is 0 Å². The SMILES string of the molecule is O=S(=O)(NC(c1ccccc1)C1CC1)c1ccc(OC(F)(F)F)cc1. The minimum Gasteiger partial charge on any atom is -0.406 e. The first-order valence-corrected chi connectivity index (χ1v) is 9.16. The number of sulfonamides is 1. The van der Waals surface area contributed by atoms with Gasteiger partial charge in [0.1, 0.15) is 5.75 Å². The molecule has 0 aliphatic heterocycles. The molecule has 0 saturated heterocycles. The third-order valence-electron chi connectivity index (χ3n) is 3.90. The lowest BCUT2D eigenvalue weighted by Gasteiger charge is -2.19. The number of hydrogen-bond donors (Lipinski definition) is 1. The van der Waals surface area contributed by atoms with Crippen molar-refractivity contribution in [3.8, 4) is 5.75 Å². The van der Waals surface area contributed by atoms with Gasteiger partial charge in [-0.15, -0.1) is 13.2 Å². The molecule has 2 aromatic rings. The van der Waals surface area contributed by atoms with Crippen molar-refractivity contribution in [2.24, 2.45) is 5.92 Å². The van der Waals surface area contributed by atoms with Crippen LogP contribution in [0.4, 0.5) is 13.2 Å². The Bertz CT molecular complexity index is 816. The Hall–Kier alpha value is -2.06. The predicted molar refractivity (Wildman–Crippen MR) is 85.4 cm³/mol. The summed E-state index contributed by atoms with van der Waals surface area (Å²) in [5, 5.41) is 0. The quantitative estimate of drug-likeness (QED) is 0.835. The number of hydrogen-bond acceptors (Lipinski definition) is 3. The second-order valence-corrected chi connectivity index (χ2v) is 7.58. The predicted octanol–water partition coefficient (Wildman–Crippen LogP) is 4.01. The van der Waals surface area contributed by atoms with Crippen LogP contribution >= 0.6 is 0 Å². The molecule has 4 nitrogen and oxygen atoms in total. The van der Waals surface area contributed by atoms with Gasteiger partial charge >= 0.3 is 6.36 Å². The van der Waals surface area contributed by atoms with Crippen LogP contribution in [0.3, 0.4) is 0 Å². The first-order chi connectivity index (χ1) is 11.7. The Morgan fingerprint density at radius 2 is 1.60 bits per heavy atom. The van der Waals surface area contributed by atoms with Crippen LogP contribution in [-0.2, 0) is 10.0 Å². The number of halogens is 3. The monoisotopic (exact) mass is 371 g/mol. The van der Waals surface area contributed by atoms with Crippen LogP contribution in [0.15, 0.2) is 59.5 Å². The zero-order chi connectivity index (χ0) is 18.1. The van der Waals surface area contributed by atoms with Gasteiger partial charge in [0.05, 0.1) is 4.90 Å². The second kappa shape index (κ2) is 6.68. The second-order valence-electron chi connectivity index (χ2n) is 5.87. The Morgan fingerprint density at radius 1 is 1.00 bits per heavy atom. The first-order valence-electron chi connectivity index (χ1n) is 7.68. The summed E-state index contributed by atoms with van der Waals surface area (Å²) in [7, 11) is -3.86. The summed E-state index contributed by atoms with van der Waals surface area (Å²) in [4.78, 5) is -0.108. The highest BCUT2D eigenvalue weighted by Gasteiger charge is 2.35. The van der Waals surface area contributed by atoms with E-state index >= 15 is 0 Å². The lowest BCUT2D eigenvalue weighted by atomic mass is 10.0. The number of alkyl halides is 3. The largest absolute Gasteiger partial charge is 0.573 e. The van der Waals surface area contributed by atoms with E-state index in [0.717, 1.165) is 42.7 Å². The number of ether oxygens (including phenoxy) is 1. The molecule has 0 bridgehead atoms. The van der Waals surface area contributed by atoms with Crippen LogP contribution in [-0.4, -0.2) is 14.8 Å². The molecular formula is C17H16F3NO3S. The number of rotatable bonds is 6. The summed E-state index contributed by atoms with van der Waals surface area (Å²) in [6.45, 7) is 0. The van der Waals surface area contributed by atoms with Crippen molar-refractivity contribution in [2.75, 3.05) is 0 Å². The molecule has 0 radical (unpaired) electrons. The van der Waals surface area contributed by atoms with Crippen molar-refractivity contribution in [1.29, 1.82) is 0 Å². The van der Waals surface area contributed by atoms with E-state index in [9.17, 15) is 21.6 Å². The van der Waals surface area contributed by atoms with Crippen LogP contribution in [0.2, 0.25) is 0 Å². The fraction of sp³-hybridized carbons (Fsp3) is 0.294. The normalized spacial score (nSPS) is 16.4. The number of nitrogens with one attached hydrogen (secondary N) is 1. The Balaban J connectivity index is 1.79. The molecule has 1 unspecified atom stereocenters. The van der Waals surface area contributed by atoms with E-state index in [1.165, 1.54) is 0 Å². The zero-order valence-electron chi connectivity index (χ0n) is 13.0. The average molecular weight is 371 g/mol. The lowest BCUT2D eigenvalue weighted by molar-refractivity contribution is -0.274. The van der Waals surface area contributed by atoms with Gasteiger partial charge in [-0.1, -0.05) is 30.3 Å². The van der Waals surface area contributed by atoms with Crippen molar-refractivity contribution in [2.45, 2.75) is 30.1 Å². The molecule has 1 aliphatic carbocycles. The van der Waals surface area contributed by atoms with E-state index < -0.39 is 22.1 Å². The van der Waals surface area contributed by atoms with Gasteiger partial charge in [-0.2, -0.15) is 0 Å². The smallest absolute Gasteiger partial charge is 0.406 e. The van der Waals surface area contributed by atoms with E-state index in [0.29, 0.717) is 0 Å². The summed E-state index contributed by atoms with van der Waals surface area (Å²) in [5.74, 6) is -0.238. The van der Waals surface area contributed by atoms with E-state index in [4.69, 9.17) is 0 Å². The molecule has 1 saturated carbocycles. The Kier molecular flexibility index (Phi) is 4.75. The van der Waals surface area contributed by atoms with Crippen molar-refractivity contribution < 1.29 is 26.3 Å². The first kappa shape index (κ1) is 17.8. The van der Waals surface area contributed by atoms with Gasteiger partial charge in [-0.3, -0.25) is 0 Å². The summed E-state index contributed by atoms with van der Waals surface area (Å²) in [6.07, 6.45) is -2.95. The molecule has 0 heterocycles. The highest BCUT2D eigenvalue weighted by Crippen LogP contribution is 2.41. The van der Waals surface area contributed by atoms with Crippen molar-refractivity contribution in [1.82, 2.24) is 4.72 Å². The molecule has 3 rings (SSSR count). The summed E-state index contributed by atoms with van der Waals surface area (Å²) in [5.41, 5.74) is 0.866. The fourth-order valence-corrected chi connectivity index (χ4v) is 3.88. The van der Waals surface area contributed by atoms with Gasteiger partial charge in [-0.05, 0) is 48.6 Å². The van der Waals surface area contributed by atoms with E-state index in [1.807, 2.05) is 30.3 Å². The summed E-state index contributed by atoms with van der Waals surface area (Å²) >= 11 is 0. The van der Waals surface area contributed by atoms with Gasteiger partial charge in [0, 0.05) is 6.04 Å². The van der Waals surface area contributed by atoms with Crippen molar-refractivity contribution >= 4 is 10.0 Å². The van der Waals surface area contributed by atoms with Crippen LogP contribution < -0.4 is 9.46 Å². The maximum atomic E-state index is 12.6. The van der Waals surface area contributed by atoms with Gasteiger partial charge in [0.25, 0.3) is 0 Å². The molecule has 1 N–H and O–H groups in total. The topological polar surface area (TPSA) is 55.4 Å². The highest BCUT2D eigenvalue weighted by atomic mass is 32.2. The average Bonchev–Trinajstić information content (AvgIpc) is 3.37. The number of benzene rings is 2. The maximum Gasteiger partial charge on any atom is 0.573 e. The molecule has 0 spiro atoms. The molecule has 8 heteroatoms. The van der Waals surface area contributed by atoms with Crippen LogP contribution in [0.1, 0.15) is 24.4 Å². The van der Waals surface area contributed by atoms with Gasteiger partial charge in [0.2, 0.25) is 10.0 Å². The Morgan fingerprint density at radius 3 is 2.12 bits per heavy atom. The third kappa shape index (κ3) is 4.73. The van der Waals surface area contributed by atoms with Crippen LogP contribution in [0, 0.1) is 5.92 Å². The van der Waals surface area contributed by atoms with Crippen LogP contribution in [0.5, 0.6) is 5.75 Å². The van der Waals surface area contributed by atoms with Crippen LogP contribution in [0.25, 0.3) is 0 Å². The maximum absolute atomic E-state index is 12.6. The molecular weight excluding hydrogens is 355 g/mol. The molecule has 0 amide bonds. The Labute approximate surface area is 143 Å². The fourth-order valence-electron chi connectivity index (χ4n) is 2.58. The molecule has 1 atom stereocenters. The van der Waals surface area contributed by atoms with Crippen molar-refractivity contribution in [3.05, 3.63) is 60.2 Å². The minimum absolute atomic E-state index is 0.108. The summed E-state index contributed by atoms with van der Waals surface area (Å²) in [6, 6.07) is 13.0. The molecule has 0 aromatic heterocycles. The molecule has 1 fully saturated rings. The highest BCUT2D eigenvalue weighted by molar-refractivity contribution is 7.89. The lowest BCUT2D eigenvalue weighted by Crippen LogP contribution is -2.30. The van der Waals surface area contributed by atoms with Gasteiger partial charge in [-0.25, -0.2) is 13.1 Å². The van der Waals surface area contributed by atoms with Crippen molar-refractivity contribution in [3.63, 3.8) is 0 Å².